The van der Waals surface area contributed by atoms with E-state index in [1.807, 2.05) is 36.4 Å². The Morgan fingerprint density at radius 2 is 1.52 bits per heavy atom. The van der Waals surface area contributed by atoms with E-state index in [1.54, 1.807) is 19.2 Å². The van der Waals surface area contributed by atoms with Crippen molar-refractivity contribution in [1.29, 1.82) is 0 Å². The average molecular weight is 418 g/mol. The van der Waals surface area contributed by atoms with Gasteiger partial charge in [-0.3, -0.25) is 0 Å². The number of amides is 1. The SMILES string of the molecule is CNc1ccc(C(O)C(O)CNC(=O)OCC2c3ccccc3-c3ccccc32)cc1. The molecule has 6 heteroatoms. The quantitative estimate of drug-likeness (QED) is 0.470. The van der Waals surface area contributed by atoms with Crippen molar-refractivity contribution in [3.05, 3.63) is 89.5 Å². The predicted octanol–water partition coefficient (Wildman–Crippen LogP) is 3.66. The van der Waals surface area contributed by atoms with Crippen molar-refractivity contribution in [3.8, 4) is 11.1 Å². The Morgan fingerprint density at radius 3 is 2.10 bits per heavy atom. The van der Waals surface area contributed by atoms with Crippen LogP contribution >= 0.6 is 0 Å². The molecule has 0 aliphatic heterocycles. The highest BCUT2D eigenvalue weighted by molar-refractivity contribution is 5.79. The summed E-state index contributed by atoms with van der Waals surface area (Å²) in [5, 5.41) is 26.1. The molecule has 0 bridgehead atoms. The summed E-state index contributed by atoms with van der Waals surface area (Å²) in [5.74, 6) is -0.0284. The molecule has 31 heavy (non-hydrogen) atoms. The van der Waals surface area contributed by atoms with E-state index in [9.17, 15) is 15.0 Å². The highest BCUT2D eigenvalue weighted by Gasteiger charge is 2.29. The standard InChI is InChI=1S/C25H26N2O4/c1-26-17-12-10-16(11-13-17)24(29)23(28)14-27-25(30)31-15-22-20-8-4-2-6-18(20)19-7-3-5-9-21(19)22/h2-13,22-24,26,28-29H,14-15H2,1H3,(H,27,30). The number of hydrogen-bond donors (Lipinski definition) is 4. The van der Waals surface area contributed by atoms with E-state index in [0.717, 1.165) is 27.9 Å². The summed E-state index contributed by atoms with van der Waals surface area (Å²) in [6.07, 6.45) is -2.89. The minimum atomic E-state index is -1.15. The maximum Gasteiger partial charge on any atom is 0.407 e. The summed E-state index contributed by atoms with van der Waals surface area (Å²) in [6, 6.07) is 23.3. The van der Waals surface area contributed by atoms with Crippen LogP contribution < -0.4 is 10.6 Å². The lowest BCUT2D eigenvalue weighted by molar-refractivity contribution is 0.0185. The first-order valence-electron chi connectivity index (χ1n) is 10.3. The topological polar surface area (TPSA) is 90.8 Å². The van der Waals surface area contributed by atoms with Crippen LogP contribution in [0.2, 0.25) is 0 Å². The first kappa shape index (κ1) is 20.9. The first-order chi connectivity index (χ1) is 15.1. The van der Waals surface area contributed by atoms with Gasteiger partial charge in [-0.05, 0) is 39.9 Å². The molecule has 160 valence electrons. The number of ether oxygens (including phenoxy) is 1. The van der Waals surface area contributed by atoms with Crippen LogP contribution in [-0.2, 0) is 4.74 Å². The lowest BCUT2D eigenvalue weighted by Gasteiger charge is -2.19. The molecule has 2 unspecified atom stereocenters. The van der Waals surface area contributed by atoms with E-state index >= 15 is 0 Å². The van der Waals surface area contributed by atoms with E-state index in [1.165, 1.54) is 0 Å². The monoisotopic (exact) mass is 418 g/mol. The fourth-order valence-corrected chi connectivity index (χ4v) is 4.02. The van der Waals surface area contributed by atoms with Crippen molar-refractivity contribution in [2.24, 2.45) is 0 Å². The Hall–Kier alpha value is -3.35. The zero-order valence-electron chi connectivity index (χ0n) is 17.3. The van der Waals surface area contributed by atoms with Gasteiger partial charge in [0.2, 0.25) is 0 Å². The van der Waals surface area contributed by atoms with Crippen LogP contribution in [0.5, 0.6) is 0 Å². The summed E-state index contributed by atoms with van der Waals surface area (Å²) in [6.45, 7) is 0.0790. The lowest BCUT2D eigenvalue weighted by atomic mass is 9.98. The zero-order valence-corrected chi connectivity index (χ0v) is 17.3. The van der Waals surface area contributed by atoms with Crippen LogP contribution in [0.15, 0.2) is 72.8 Å². The molecule has 4 rings (SSSR count). The Balaban J connectivity index is 1.32. The minimum absolute atomic E-state index is 0.0284. The number of aliphatic hydroxyl groups is 2. The van der Waals surface area contributed by atoms with Crippen molar-refractivity contribution in [2.75, 3.05) is 25.5 Å². The van der Waals surface area contributed by atoms with Gasteiger partial charge in [-0.2, -0.15) is 0 Å². The number of nitrogens with one attached hydrogen (secondary N) is 2. The highest BCUT2D eigenvalue weighted by atomic mass is 16.5. The second-order valence-electron chi connectivity index (χ2n) is 7.59. The third-order valence-corrected chi connectivity index (χ3v) is 5.70. The summed E-state index contributed by atoms with van der Waals surface area (Å²) >= 11 is 0. The van der Waals surface area contributed by atoms with Gasteiger partial charge in [-0.1, -0.05) is 60.7 Å². The number of fused-ring (bicyclic) bond motifs is 3. The van der Waals surface area contributed by atoms with Gasteiger partial charge < -0.3 is 25.6 Å². The number of hydrogen-bond acceptors (Lipinski definition) is 5. The molecule has 4 N–H and O–H groups in total. The molecule has 2 atom stereocenters. The molecular formula is C25H26N2O4. The molecule has 3 aromatic carbocycles. The third-order valence-electron chi connectivity index (χ3n) is 5.70. The summed E-state index contributed by atoms with van der Waals surface area (Å²) in [7, 11) is 1.80. The maximum atomic E-state index is 12.2. The second-order valence-corrected chi connectivity index (χ2v) is 7.59. The minimum Gasteiger partial charge on any atom is -0.449 e. The molecule has 0 aromatic heterocycles. The van der Waals surface area contributed by atoms with Crippen molar-refractivity contribution < 1.29 is 19.7 Å². The first-order valence-corrected chi connectivity index (χ1v) is 10.3. The van der Waals surface area contributed by atoms with Crippen LogP contribution in [0.1, 0.15) is 28.7 Å². The van der Waals surface area contributed by atoms with E-state index in [2.05, 4.69) is 34.9 Å². The summed E-state index contributed by atoms with van der Waals surface area (Å²) < 4.78 is 5.45. The average Bonchev–Trinajstić information content (AvgIpc) is 3.14. The molecule has 0 heterocycles. The van der Waals surface area contributed by atoms with Crippen LogP contribution in [-0.4, -0.2) is 42.6 Å². The molecule has 6 nitrogen and oxygen atoms in total. The number of carbonyl (C=O) groups excluding carboxylic acids is 1. The van der Waals surface area contributed by atoms with Gasteiger partial charge in [0.15, 0.2) is 0 Å². The lowest BCUT2D eigenvalue weighted by Crippen LogP contribution is -2.36. The van der Waals surface area contributed by atoms with Gasteiger partial charge in [0.25, 0.3) is 0 Å². The Labute approximate surface area is 181 Å². The van der Waals surface area contributed by atoms with Gasteiger partial charge in [-0.25, -0.2) is 4.79 Å². The molecule has 1 aliphatic carbocycles. The fraction of sp³-hybridized carbons (Fsp3) is 0.240. The molecule has 1 aliphatic rings. The zero-order chi connectivity index (χ0) is 21.8. The van der Waals surface area contributed by atoms with Crippen LogP contribution in [0, 0.1) is 0 Å². The van der Waals surface area contributed by atoms with Crippen molar-refractivity contribution in [1.82, 2.24) is 5.32 Å². The molecule has 0 spiro atoms. The van der Waals surface area contributed by atoms with Gasteiger partial charge in [0.1, 0.15) is 18.8 Å². The van der Waals surface area contributed by atoms with E-state index in [0.29, 0.717) is 5.56 Å². The number of anilines is 1. The van der Waals surface area contributed by atoms with E-state index < -0.39 is 18.3 Å². The largest absolute Gasteiger partial charge is 0.449 e. The summed E-state index contributed by atoms with van der Waals surface area (Å²) in [5.41, 5.74) is 6.07. The normalized spacial score (nSPS) is 14.3. The van der Waals surface area contributed by atoms with E-state index in [4.69, 9.17) is 4.74 Å². The molecule has 0 radical (unpaired) electrons. The highest BCUT2D eigenvalue weighted by Crippen LogP contribution is 2.44. The number of carbonyl (C=O) groups is 1. The van der Waals surface area contributed by atoms with Gasteiger partial charge in [-0.15, -0.1) is 0 Å². The molecular weight excluding hydrogens is 392 g/mol. The van der Waals surface area contributed by atoms with Gasteiger partial charge in [0, 0.05) is 25.2 Å². The summed E-state index contributed by atoms with van der Waals surface area (Å²) in [4.78, 5) is 12.2. The van der Waals surface area contributed by atoms with Crippen molar-refractivity contribution >= 4 is 11.8 Å². The molecule has 0 saturated heterocycles. The fourth-order valence-electron chi connectivity index (χ4n) is 4.02. The van der Waals surface area contributed by atoms with Crippen LogP contribution in [0.25, 0.3) is 11.1 Å². The molecule has 0 fully saturated rings. The third kappa shape index (κ3) is 4.40. The van der Waals surface area contributed by atoms with E-state index in [-0.39, 0.29) is 19.1 Å². The Morgan fingerprint density at radius 1 is 0.935 bits per heavy atom. The van der Waals surface area contributed by atoms with Gasteiger partial charge in [0.05, 0.1) is 0 Å². The van der Waals surface area contributed by atoms with Crippen LogP contribution in [0.4, 0.5) is 10.5 Å². The molecule has 1 amide bonds. The van der Waals surface area contributed by atoms with Gasteiger partial charge >= 0.3 is 6.09 Å². The molecule has 0 saturated carbocycles. The number of aliphatic hydroxyl groups excluding tert-OH is 2. The predicted molar refractivity (Wildman–Crippen MR) is 120 cm³/mol. The second kappa shape index (κ2) is 9.20. The number of benzene rings is 3. The molecule has 3 aromatic rings. The Bertz CT molecular complexity index is 1010. The number of rotatable bonds is 7. The smallest absolute Gasteiger partial charge is 0.407 e. The Kier molecular flexibility index (Phi) is 6.21. The van der Waals surface area contributed by atoms with Crippen molar-refractivity contribution in [3.63, 3.8) is 0 Å². The van der Waals surface area contributed by atoms with Crippen LogP contribution in [0.3, 0.4) is 0 Å². The van der Waals surface area contributed by atoms with Crippen molar-refractivity contribution in [2.45, 2.75) is 18.1 Å². The number of alkyl carbamates (subject to hydrolysis) is 1. The maximum absolute atomic E-state index is 12.2.